The summed E-state index contributed by atoms with van der Waals surface area (Å²) in [5.74, 6) is -2.45. The predicted octanol–water partition coefficient (Wildman–Crippen LogP) is 12.2. The highest BCUT2D eigenvalue weighted by atomic mass is 31.2. The standard InChI is InChI=1S/C47H84NO10P/c1-3-5-7-9-11-13-15-17-19-21-23-25-27-29-31-33-35-37-39-46(51)56-40-43(49)41-57-59(54,55)58-42-44(47(52)53)48-45(50)38-36-34-32-30-28-26-24-22-20-18-16-14-12-10-8-6-4-2/h12,14,18,20,24,26,30,32,43-44,49H,3-11,13,15-17,19,21-23,25,27-29,31,33-42H2,1-2H3,(H,48,50)(H,52,53)(H,54,55)/b14-12-,20-18-,26-24-,32-30-. The lowest BCUT2D eigenvalue weighted by molar-refractivity contribution is -0.147. The summed E-state index contributed by atoms with van der Waals surface area (Å²) in [7, 11) is -4.77. The van der Waals surface area contributed by atoms with Crippen LogP contribution in [0.4, 0.5) is 0 Å². The van der Waals surface area contributed by atoms with Gasteiger partial charge in [0.2, 0.25) is 5.91 Å². The maximum Gasteiger partial charge on any atom is 0.472 e. The number of phosphoric ester groups is 1. The highest BCUT2D eigenvalue weighted by Crippen LogP contribution is 2.43. The number of carboxylic acid groups (broad SMARTS) is 1. The Morgan fingerprint density at radius 2 is 0.949 bits per heavy atom. The molecule has 0 bridgehead atoms. The van der Waals surface area contributed by atoms with Crippen LogP contribution in [0.2, 0.25) is 0 Å². The minimum Gasteiger partial charge on any atom is -0.480 e. The van der Waals surface area contributed by atoms with Crippen molar-refractivity contribution in [2.24, 2.45) is 0 Å². The topological polar surface area (TPSA) is 169 Å². The minimum atomic E-state index is -4.77. The van der Waals surface area contributed by atoms with Crippen molar-refractivity contribution >= 4 is 25.7 Å². The van der Waals surface area contributed by atoms with E-state index < -0.39 is 57.6 Å². The summed E-state index contributed by atoms with van der Waals surface area (Å²) >= 11 is 0. The molecule has 0 radical (unpaired) electrons. The van der Waals surface area contributed by atoms with Crippen molar-refractivity contribution in [3.05, 3.63) is 48.6 Å². The Morgan fingerprint density at radius 1 is 0.542 bits per heavy atom. The number of nitrogens with one attached hydrogen (secondary N) is 1. The third-order valence-electron chi connectivity index (χ3n) is 9.87. The third kappa shape index (κ3) is 41.9. The van der Waals surface area contributed by atoms with Crippen molar-refractivity contribution in [3.63, 3.8) is 0 Å². The third-order valence-corrected chi connectivity index (χ3v) is 10.8. The van der Waals surface area contributed by atoms with Crippen molar-refractivity contribution in [2.45, 2.75) is 212 Å². The number of allylic oxidation sites excluding steroid dienone is 8. The average molecular weight is 854 g/mol. The molecule has 0 aromatic carbocycles. The van der Waals surface area contributed by atoms with Crippen molar-refractivity contribution < 1.29 is 47.8 Å². The first-order valence-electron chi connectivity index (χ1n) is 23.2. The molecule has 0 fully saturated rings. The smallest absolute Gasteiger partial charge is 0.472 e. The number of hydrogen-bond donors (Lipinski definition) is 4. The Morgan fingerprint density at radius 3 is 1.42 bits per heavy atom. The molecule has 0 aliphatic carbocycles. The lowest BCUT2D eigenvalue weighted by Gasteiger charge is -2.18. The molecule has 0 aliphatic heterocycles. The number of hydrogen-bond acceptors (Lipinski definition) is 8. The Kier molecular flexibility index (Phi) is 40.3. The number of phosphoric acid groups is 1. The van der Waals surface area contributed by atoms with E-state index in [1.54, 1.807) is 0 Å². The van der Waals surface area contributed by atoms with E-state index in [9.17, 15) is 34.1 Å². The largest absolute Gasteiger partial charge is 0.480 e. The summed E-state index contributed by atoms with van der Waals surface area (Å²) in [5.41, 5.74) is 0. The van der Waals surface area contributed by atoms with Gasteiger partial charge >= 0.3 is 19.8 Å². The molecule has 0 saturated heterocycles. The SMILES string of the molecule is CCCCC/C=C\C/C=C\C/C=C\C/C=C\CCCC(=O)NC(COP(=O)(O)OCC(O)COC(=O)CCCCCCCCCCCCCCCCCCCC)C(=O)O. The second-order valence-electron chi connectivity index (χ2n) is 15.6. The first-order chi connectivity index (χ1) is 28.6. The van der Waals surface area contributed by atoms with E-state index >= 15 is 0 Å². The summed E-state index contributed by atoms with van der Waals surface area (Å²) in [6.07, 6.45) is 47.1. The van der Waals surface area contributed by atoms with Gasteiger partial charge in [-0.1, -0.05) is 184 Å². The van der Waals surface area contributed by atoms with E-state index in [2.05, 4.69) is 55.6 Å². The van der Waals surface area contributed by atoms with Gasteiger partial charge in [-0.25, -0.2) is 9.36 Å². The molecule has 0 aromatic heterocycles. The van der Waals surface area contributed by atoms with E-state index in [0.717, 1.165) is 44.9 Å². The second kappa shape index (κ2) is 42.1. The van der Waals surface area contributed by atoms with Crippen molar-refractivity contribution in [1.82, 2.24) is 5.32 Å². The summed E-state index contributed by atoms with van der Waals surface area (Å²) < 4.78 is 26.8. The molecule has 3 atom stereocenters. The zero-order valence-corrected chi connectivity index (χ0v) is 37.9. The molecule has 3 unspecified atom stereocenters. The predicted molar refractivity (Wildman–Crippen MR) is 240 cm³/mol. The number of ether oxygens (including phenoxy) is 1. The van der Waals surface area contributed by atoms with Gasteiger partial charge in [-0.15, -0.1) is 0 Å². The van der Waals surface area contributed by atoms with Crippen LogP contribution in [0.25, 0.3) is 0 Å². The zero-order valence-electron chi connectivity index (χ0n) is 37.0. The maximum atomic E-state index is 12.3. The number of aliphatic carboxylic acids is 1. The highest BCUT2D eigenvalue weighted by Gasteiger charge is 2.28. The fourth-order valence-corrected chi connectivity index (χ4v) is 7.02. The molecule has 0 saturated carbocycles. The lowest BCUT2D eigenvalue weighted by atomic mass is 10.0. The van der Waals surface area contributed by atoms with E-state index in [1.807, 2.05) is 12.2 Å². The summed E-state index contributed by atoms with van der Waals surface area (Å²) in [4.78, 5) is 45.9. The van der Waals surface area contributed by atoms with Gasteiger partial charge in [-0.05, 0) is 51.4 Å². The molecular weight excluding hydrogens is 769 g/mol. The average Bonchev–Trinajstić information content (AvgIpc) is 3.21. The monoisotopic (exact) mass is 854 g/mol. The molecule has 0 aromatic rings. The Hall–Kier alpha value is -2.56. The van der Waals surface area contributed by atoms with Crippen LogP contribution in [0.5, 0.6) is 0 Å². The molecule has 59 heavy (non-hydrogen) atoms. The number of carbonyl (C=O) groups excluding carboxylic acids is 2. The normalized spacial score (nSPS) is 14.1. The Bertz CT molecular complexity index is 1190. The molecule has 342 valence electrons. The van der Waals surface area contributed by atoms with Crippen LogP contribution >= 0.6 is 7.82 Å². The quantitative estimate of drug-likeness (QED) is 0.0200. The molecule has 0 spiro atoms. The fraction of sp³-hybridized carbons (Fsp3) is 0.766. The van der Waals surface area contributed by atoms with Crippen molar-refractivity contribution in [1.29, 1.82) is 0 Å². The van der Waals surface area contributed by atoms with Gasteiger partial charge < -0.3 is 25.2 Å². The molecule has 4 N–H and O–H groups in total. The van der Waals surface area contributed by atoms with Crippen LogP contribution < -0.4 is 5.32 Å². The first-order valence-corrected chi connectivity index (χ1v) is 24.7. The number of unbranched alkanes of at least 4 members (excludes halogenated alkanes) is 21. The molecule has 0 aliphatic rings. The van der Waals surface area contributed by atoms with E-state index in [-0.39, 0.29) is 12.8 Å². The van der Waals surface area contributed by atoms with Gasteiger partial charge in [0, 0.05) is 12.8 Å². The summed E-state index contributed by atoms with van der Waals surface area (Å²) in [6, 6.07) is -1.58. The number of esters is 1. The number of amides is 1. The molecule has 0 heterocycles. The van der Waals surface area contributed by atoms with Crippen LogP contribution in [0.3, 0.4) is 0 Å². The second-order valence-corrected chi connectivity index (χ2v) is 17.0. The van der Waals surface area contributed by atoms with Crippen LogP contribution in [-0.4, -0.2) is 64.9 Å². The van der Waals surface area contributed by atoms with Gasteiger partial charge in [0.25, 0.3) is 0 Å². The van der Waals surface area contributed by atoms with Crippen LogP contribution in [0.15, 0.2) is 48.6 Å². The van der Waals surface area contributed by atoms with Gasteiger partial charge in [-0.3, -0.25) is 18.6 Å². The molecule has 12 heteroatoms. The number of carboxylic acids is 1. The van der Waals surface area contributed by atoms with Crippen LogP contribution in [-0.2, 0) is 32.7 Å². The van der Waals surface area contributed by atoms with E-state index in [4.69, 9.17) is 13.8 Å². The lowest BCUT2D eigenvalue weighted by Crippen LogP contribution is -2.43. The Balaban J connectivity index is 3.93. The van der Waals surface area contributed by atoms with Crippen LogP contribution in [0.1, 0.15) is 200 Å². The summed E-state index contributed by atoms with van der Waals surface area (Å²) in [6.45, 7) is 2.54. The molecule has 11 nitrogen and oxygen atoms in total. The summed E-state index contributed by atoms with van der Waals surface area (Å²) in [5, 5.41) is 21.8. The molecular formula is C47H84NO10P. The van der Waals surface area contributed by atoms with Gasteiger partial charge in [0.05, 0.1) is 13.2 Å². The minimum absolute atomic E-state index is 0.0690. The van der Waals surface area contributed by atoms with Crippen molar-refractivity contribution in [3.8, 4) is 0 Å². The van der Waals surface area contributed by atoms with Crippen LogP contribution in [0, 0.1) is 0 Å². The fourth-order valence-electron chi connectivity index (χ4n) is 6.25. The maximum absolute atomic E-state index is 12.3. The van der Waals surface area contributed by atoms with Gasteiger partial charge in [-0.2, -0.15) is 0 Å². The number of carbonyl (C=O) groups is 3. The highest BCUT2D eigenvalue weighted by molar-refractivity contribution is 7.47. The Labute approximate surface area is 358 Å². The van der Waals surface area contributed by atoms with E-state index in [0.29, 0.717) is 19.3 Å². The van der Waals surface area contributed by atoms with Gasteiger partial charge in [0.1, 0.15) is 12.7 Å². The molecule has 0 rings (SSSR count). The molecule has 1 amide bonds. The first kappa shape index (κ1) is 56.4. The zero-order chi connectivity index (χ0) is 43.5. The number of rotatable bonds is 43. The number of aliphatic hydroxyl groups is 1. The van der Waals surface area contributed by atoms with E-state index in [1.165, 1.54) is 109 Å². The van der Waals surface area contributed by atoms with Crippen molar-refractivity contribution in [2.75, 3.05) is 19.8 Å². The van der Waals surface area contributed by atoms with Gasteiger partial charge in [0.15, 0.2) is 6.04 Å². The number of aliphatic hydroxyl groups excluding tert-OH is 1.